The molecule has 0 aliphatic carbocycles. The van der Waals surface area contributed by atoms with Crippen molar-refractivity contribution >= 4 is 5.97 Å². The van der Waals surface area contributed by atoms with Crippen LogP contribution in [0.15, 0.2) is 0 Å². The second-order valence-corrected chi connectivity index (χ2v) is 3.17. The SMILES string of the molecule is O=C(O)C#CCCCCCCCCF. The maximum atomic E-state index is 11.7. The summed E-state index contributed by atoms with van der Waals surface area (Å²) in [4.78, 5) is 10.00. The molecule has 0 saturated heterocycles. The fraction of sp³-hybridized carbons (Fsp3) is 0.727. The third-order valence-corrected chi connectivity index (χ3v) is 1.88. The smallest absolute Gasteiger partial charge is 0.381 e. The Morgan fingerprint density at radius 2 is 1.64 bits per heavy atom. The summed E-state index contributed by atoms with van der Waals surface area (Å²) < 4.78 is 11.7. The quantitative estimate of drug-likeness (QED) is 0.507. The van der Waals surface area contributed by atoms with Gasteiger partial charge in [0.05, 0.1) is 6.67 Å². The Morgan fingerprint density at radius 1 is 1.07 bits per heavy atom. The molecule has 0 unspecified atom stereocenters. The Hall–Kier alpha value is -1.04. The van der Waals surface area contributed by atoms with Crippen molar-refractivity contribution < 1.29 is 14.3 Å². The van der Waals surface area contributed by atoms with Crippen LogP contribution in [0.5, 0.6) is 0 Å². The first kappa shape index (κ1) is 13.0. The summed E-state index contributed by atoms with van der Waals surface area (Å²) in [5, 5.41) is 8.20. The van der Waals surface area contributed by atoms with E-state index in [1.807, 2.05) is 0 Å². The molecule has 0 heterocycles. The predicted molar refractivity (Wildman–Crippen MR) is 53.7 cm³/mol. The van der Waals surface area contributed by atoms with Crippen LogP contribution in [0.25, 0.3) is 0 Å². The monoisotopic (exact) mass is 200 g/mol. The topological polar surface area (TPSA) is 37.3 Å². The highest BCUT2D eigenvalue weighted by Gasteiger charge is 1.90. The van der Waals surface area contributed by atoms with E-state index in [1.165, 1.54) is 0 Å². The molecule has 0 aromatic carbocycles. The molecule has 0 aliphatic rings. The van der Waals surface area contributed by atoms with Crippen molar-refractivity contribution in [3.05, 3.63) is 0 Å². The number of alkyl halides is 1. The lowest BCUT2D eigenvalue weighted by molar-refractivity contribution is -0.130. The van der Waals surface area contributed by atoms with E-state index in [0.29, 0.717) is 12.8 Å². The van der Waals surface area contributed by atoms with Crippen molar-refractivity contribution in [1.82, 2.24) is 0 Å². The van der Waals surface area contributed by atoms with Crippen LogP contribution in [0.2, 0.25) is 0 Å². The van der Waals surface area contributed by atoms with Crippen LogP contribution in [-0.4, -0.2) is 17.8 Å². The van der Waals surface area contributed by atoms with Crippen molar-refractivity contribution in [1.29, 1.82) is 0 Å². The van der Waals surface area contributed by atoms with Crippen molar-refractivity contribution in [3.8, 4) is 11.8 Å². The lowest BCUT2D eigenvalue weighted by Gasteiger charge is -1.97. The van der Waals surface area contributed by atoms with E-state index in [1.54, 1.807) is 0 Å². The van der Waals surface area contributed by atoms with Gasteiger partial charge in [0, 0.05) is 12.3 Å². The van der Waals surface area contributed by atoms with E-state index in [0.717, 1.165) is 32.1 Å². The van der Waals surface area contributed by atoms with Crippen LogP contribution in [0.4, 0.5) is 4.39 Å². The molecule has 0 spiro atoms. The number of rotatable bonds is 7. The maximum absolute atomic E-state index is 11.7. The van der Waals surface area contributed by atoms with Gasteiger partial charge in [-0.1, -0.05) is 31.6 Å². The first-order valence-corrected chi connectivity index (χ1v) is 5.05. The minimum Gasteiger partial charge on any atom is -0.472 e. The normalized spacial score (nSPS) is 9.21. The van der Waals surface area contributed by atoms with Gasteiger partial charge in [-0.2, -0.15) is 0 Å². The van der Waals surface area contributed by atoms with Crippen molar-refractivity contribution in [2.75, 3.05) is 6.67 Å². The number of carboxylic acids is 1. The number of carbonyl (C=O) groups is 1. The van der Waals surface area contributed by atoms with Crippen molar-refractivity contribution in [2.45, 2.75) is 44.9 Å². The molecule has 1 N–H and O–H groups in total. The number of hydrogen-bond donors (Lipinski definition) is 1. The lowest BCUT2D eigenvalue weighted by atomic mass is 10.1. The average molecular weight is 200 g/mol. The number of halogens is 1. The lowest BCUT2D eigenvalue weighted by Crippen LogP contribution is -1.86. The second kappa shape index (κ2) is 10.0. The Kier molecular flexibility index (Phi) is 9.30. The zero-order chi connectivity index (χ0) is 10.6. The average Bonchev–Trinajstić information content (AvgIpc) is 2.15. The van der Waals surface area contributed by atoms with E-state index in [9.17, 15) is 9.18 Å². The molecule has 3 heteroatoms. The Morgan fingerprint density at radius 3 is 2.21 bits per heavy atom. The minimum absolute atomic E-state index is 0.218. The van der Waals surface area contributed by atoms with E-state index in [-0.39, 0.29) is 6.67 Å². The molecule has 0 atom stereocenters. The molecule has 0 rings (SSSR count). The fourth-order valence-electron chi connectivity index (χ4n) is 1.15. The number of unbranched alkanes of at least 4 members (excludes halogenated alkanes) is 6. The third kappa shape index (κ3) is 11.0. The largest absolute Gasteiger partial charge is 0.472 e. The summed E-state index contributed by atoms with van der Waals surface area (Å²) in [5.74, 6) is 3.59. The Labute approximate surface area is 84.5 Å². The van der Waals surface area contributed by atoms with Gasteiger partial charge in [0.15, 0.2) is 0 Å². The molecular weight excluding hydrogens is 183 g/mol. The third-order valence-electron chi connectivity index (χ3n) is 1.88. The molecule has 0 radical (unpaired) electrons. The molecule has 2 nitrogen and oxygen atoms in total. The molecule has 0 bridgehead atoms. The van der Waals surface area contributed by atoms with E-state index in [4.69, 9.17) is 5.11 Å². The van der Waals surface area contributed by atoms with E-state index in [2.05, 4.69) is 11.8 Å². The van der Waals surface area contributed by atoms with Crippen molar-refractivity contribution in [2.24, 2.45) is 0 Å². The number of hydrogen-bond acceptors (Lipinski definition) is 1. The summed E-state index contributed by atoms with van der Waals surface area (Å²) >= 11 is 0. The second-order valence-electron chi connectivity index (χ2n) is 3.17. The maximum Gasteiger partial charge on any atom is 0.381 e. The van der Waals surface area contributed by atoms with Crippen LogP contribution in [-0.2, 0) is 4.79 Å². The van der Waals surface area contributed by atoms with E-state index < -0.39 is 5.97 Å². The molecule has 0 aromatic heterocycles. The van der Waals surface area contributed by atoms with Crippen molar-refractivity contribution in [3.63, 3.8) is 0 Å². The molecule has 0 aliphatic heterocycles. The standard InChI is InChI=1S/C11H17FO2/c12-10-8-6-4-2-1-3-5-7-9-11(13)14/h1-6,8,10H2,(H,13,14). The summed E-state index contributed by atoms with van der Waals surface area (Å²) in [6, 6.07) is 0. The highest BCUT2D eigenvalue weighted by molar-refractivity contribution is 5.86. The van der Waals surface area contributed by atoms with E-state index >= 15 is 0 Å². The summed E-state index contributed by atoms with van der Waals surface area (Å²) in [6.45, 7) is -0.218. The molecule has 80 valence electrons. The van der Waals surface area contributed by atoms with Gasteiger partial charge >= 0.3 is 5.97 Å². The highest BCUT2D eigenvalue weighted by atomic mass is 19.1. The molecule has 14 heavy (non-hydrogen) atoms. The molecular formula is C11H17FO2. The minimum atomic E-state index is -1.06. The summed E-state index contributed by atoms with van der Waals surface area (Å²) in [5.41, 5.74) is 0. The van der Waals surface area contributed by atoms with Gasteiger partial charge in [-0.15, -0.1) is 0 Å². The Bertz CT molecular complexity index is 203. The zero-order valence-corrected chi connectivity index (χ0v) is 8.39. The predicted octanol–water partition coefficient (Wildman–Crippen LogP) is 2.77. The van der Waals surface area contributed by atoms with Gasteiger partial charge in [-0.3, -0.25) is 4.39 Å². The summed E-state index contributed by atoms with van der Waals surface area (Å²) in [6.07, 6.45) is 6.42. The first-order valence-electron chi connectivity index (χ1n) is 5.05. The number of carboxylic acid groups (broad SMARTS) is 1. The van der Waals surface area contributed by atoms with Gasteiger partial charge in [0.25, 0.3) is 0 Å². The van der Waals surface area contributed by atoms with Gasteiger partial charge < -0.3 is 5.11 Å². The van der Waals surface area contributed by atoms with Crippen LogP contribution in [0.3, 0.4) is 0 Å². The Balaban J connectivity index is 3.07. The van der Waals surface area contributed by atoms with Crippen LogP contribution < -0.4 is 0 Å². The highest BCUT2D eigenvalue weighted by Crippen LogP contribution is 2.06. The number of aliphatic carboxylic acids is 1. The zero-order valence-electron chi connectivity index (χ0n) is 8.39. The molecule has 0 aromatic rings. The van der Waals surface area contributed by atoms with Crippen LogP contribution in [0.1, 0.15) is 44.9 Å². The van der Waals surface area contributed by atoms with Gasteiger partial charge in [-0.05, 0) is 12.8 Å². The van der Waals surface area contributed by atoms with Crippen LogP contribution in [0, 0.1) is 11.8 Å². The molecule has 0 amide bonds. The van der Waals surface area contributed by atoms with Gasteiger partial charge in [0.2, 0.25) is 0 Å². The van der Waals surface area contributed by atoms with Gasteiger partial charge in [0.1, 0.15) is 0 Å². The first-order chi connectivity index (χ1) is 6.77. The van der Waals surface area contributed by atoms with Gasteiger partial charge in [-0.25, -0.2) is 4.79 Å². The van der Waals surface area contributed by atoms with Crippen LogP contribution >= 0.6 is 0 Å². The fourth-order valence-corrected chi connectivity index (χ4v) is 1.15. The molecule has 0 fully saturated rings. The summed E-state index contributed by atoms with van der Waals surface area (Å²) in [7, 11) is 0. The molecule has 0 saturated carbocycles.